The SMILES string of the molecule is C[C@@H]1CN(C(=O)c2ccc(C(=O)NC3CC3)cc2)CCN1. The highest BCUT2D eigenvalue weighted by Gasteiger charge is 2.24. The van der Waals surface area contributed by atoms with E-state index in [-0.39, 0.29) is 11.8 Å². The zero-order chi connectivity index (χ0) is 14.8. The molecule has 2 aliphatic rings. The molecule has 1 heterocycles. The van der Waals surface area contributed by atoms with Gasteiger partial charge in [-0.2, -0.15) is 0 Å². The van der Waals surface area contributed by atoms with Crippen LogP contribution in [-0.4, -0.2) is 48.4 Å². The molecule has 1 aliphatic heterocycles. The lowest BCUT2D eigenvalue weighted by Gasteiger charge is -2.32. The number of hydrogen-bond donors (Lipinski definition) is 2. The summed E-state index contributed by atoms with van der Waals surface area (Å²) < 4.78 is 0. The summed E-state index contributed by atoms with van der Waals surface area (Å²) in [5.74, 6) is -0.00945. The van der Waals surface area contributed by atoms with Gasteiger partial charge in [0, 0.05) is 42.8 Å². The van der Waals surface area contributed by atoms with Gasteiger partial charge in [-0.15, -0.1) is 0 Å². The maximum Gasteiger partial charge on any atom is 0.253 e. The summed E-state index contributed by atoms with van der Waals surface area (Å²) >= 11 is 0. The van der Waals surface area contributed by atoms with Crippen molar-refractivity contribution >= 4 is 11.8 Å². The van der Waals surface area contributed by atoms with Crippen LogP contribution in [-0.2, 0) is 0 Å². The minimum absolute atomic E-state index is 0.0394. The van der Waals surface area contributed by atoms with E-state index in [2.05, 4.69) is 17.6 Å². The lowest BCUT2D eigenvalue weighted by Crippen LogP contribution is -2.51. The molecule has 1 aliphatic carbocycles. The number of nitrogens with zero attached hydrogens (tertiary/aromatic N) is 1. The third-order valence-electron chi connectivity index (χ3n) is 3.96. The summed E-state index contributed by atoms with van der Waals surface area (Å²) in [6.45, 7) is 4.36. The Morgan fingerprint density at radius 3 is 2.48 bits per heavy atom. The molecule has 2 N–H and O–H groups in total. The predicted octanol–water partition coefficient (Wildman–Crippen LogP) is 1.01. The Kier molecular flexibility index (Phi) is 3.92. The standard InChI is InChI=1S/C16H21N3O2/c1-11-10-19(9-8-17-11)16(21)13-4-2-12(3-5-13)15(20)18-14-6-7-14/h2-5,11,14,17H,6-10H2,1H3,(H,18,20)/t11-/m1/s1. The van der Waals surface area contributed by atoms with Crippen LogP contribution >= 0.6 is 0 Å². The predicted molar refractivity (Wildman–Crippen MR) is 80.3 cm³/mol. The molecule has 0 radical (unpaired) electrons. The van der Waals surface area contributed by atoms with E-state index in [9.17, 15) is 9.59 Å². The van der Waals surface area contributed by atoms with Crippen LogP contribution in [0.3, 0.4) is 0 Å². The first-order valence-corrected chi connectivity index (χ1v) is 7.57. The van der Waals surface area contributed by atoms with Gasteiger partial charge in [-0.1, -0.05) is 0 Å². The van der Waals surface area contributed by atoms with Crippen LogP contribution in [0.5, 0.6) is 0 Å². The summed E-state index contributed by atoms with van der Waals surface area (Å²) in [6.07, 6.45) is 2.15. The molecule has 1 saturated carbocycles. The van der Waals surface area contributed by atoms with Gasteiger partial charge in [0.15, 0.2) is 0 Å². The van der Waals surface area contributed by atoms with Gasteiger partial charge in [-0.05, 0) is 44.0 Å². The summed E-state index contributed by atoms with van der Waals surface area (Å²) in [6, 6.07) is 7.63. The van der Waals surface area contributed by atoms with Gasteiger partial charge >= 0.3 is 0 Å². The molecule has 1 saturated heterocycles. The van der Waals surface area contributed by atoms with E-state index in [0.29, 0.717) is 23.2 Å². The molecule has 1 aromatic rings. The lowest BCUT2D eigenvalue weighted by atomic mass is 10.1. The summed E-state index contributed by atoms with van der Waals surface area (Å²) in [5.41, 5.74) is 1.26. The third-order valence-corrected chi connectivity index (χ3v) is 3.96. The van der Waals surface area contributed by atoms with Crippen LogP contribution in [0.4, 0.5) is 0 Å². The second-order valence-electron chi connectivity index (χ2n) is 5.93. The smallest absolute Gasteiger partial charge is 0.253 e. The number of carbonyl (C=O) groups is 2. The Morgan fingerprint density at radius 2 is 1.86 bits per heavy atom. The van der Waals surface area contributed by atoms with Crippen molar-refractivity contribution in [2.75, 3.05) is 19.6 Å². The molecule has 0 spiro atoms. The minimum atomic E-state index is -0.0488. The maximum atomic E-state index is 12.4. The molecule has 3 rings (SSSR count). The molecule has 1 atom stereocenters. The first-order valence-electron chi connectivity index (χ1n) is 7.57. The van der Waals surface area contributed by atoms with Crippen LogP contribution in [0.1, 0.15) is 40.5 Å². The Balaban J connectivity index is 1.65. The van der Waals surface area contributed by atoms with Gasteiger partial charge < -0.3 is 15.5 Å². The van der Waals surface area contributed by atoms with Crippen molar-refractivity contribution in [3.63, 3.8) is 0 Å². The molecule has 0 bridgehead atoms. The van der Waals surface area contributed by atoms with E-state index in [1.54, 1.807) is 24.3 Å². The number of hydrogen-bond acceptors (Lipinski definition) is 3. The van der Waals surface area contributed by atoms with Gasteiger partial charge in [-0.25, -0.2) is 0 Å². The first kappa shape index (κ1) is 14.1. The van der Waals surface area contributed by atoms with Crippen LogP contribution in [0.2, 0.25) is 0 Å². The first-order chi connectivity index (χ1) is 10.1. The van der Waals surface area contributed by atoms with Crippen molar-refractivity contribution in [3.05, 3.63) is 35.4 Å². The van der Waals surface area contributed by atoms with Crippen LogP contribution < -0.4 is 10.6 Å². The third kappa shape index (κ3) is 3.42. The molecule has 5 heteroatoms. The van der Waals surface area contributed by atoms with Crippen molar-refractivity contribution in [2.45, 2.75) is 31.8 Å². The molecule has 5 nitrogen and oxygen atoms in total. The van der Waals surface area contributed by atoms with E-state index < -0.39 is 0 Å². The van der Waals surface area contributed by atoms with E-state index in [1.165, 1.54) is 0 Å². The Hall–Kier alpha value is -1.88. The van der Waals surface area contributed by atoms with E-state index in [0.717, 1.165) is 32.5 Å². The van der Waals surface area contributed by atoms with Crippen molar-refractivity contribution in [3.8, 4) is 0 Å². The van der Waals surface area contributed by atoms with Gasteiger partial charge in [0.2, 0.25) is 0 Å². The van der Waals surface area contributed by atoms with Crippen LogP contribution in [0, 0.1) is 0 Å². The average molecular weight is 287 g/mol. The number of piperazine rings is 1. The van der Waals surface area contributed by atoms with E-state index >= 15 is 0 Å². The molecule has 0 unspecified atom stereocenters. The van der Waals surface area contributed by atoms with Gasteiger partial charge in [0.05, 0.1) is 0 Å². The second kappa shape index (κ2) is 5.85. The highest BCUT2D eigenvalue weighted by molar-refractivity contribution is 5.98. The van der Waals surface area contributed by atoms with Crippen LogP contribution in [0.25, 0.3) is 0 Å². The number of amides is 2. The Labute approximate surface area is 124 Å². The van der Waals surface area contributed by atoms with Crippen molar-refractivity contribution in [2.24, 2.45) is 0 Å². The fourth-order valence-electron chi connectivity index (χ4n) is 2.56. The molecule has 21 heavy (non-hydrogen) atoms. The molecule has 0 aromatic heterocycles. The quantitative estimate of drug-likeness (QED) is 0.872. The van der Waals surface area contributed by atoms with Gasteiger partial charge in [0.25, 0.3) is 11.8 Å². The summed E-state index contributed by atoms with van der Waals surface area (Å²) in [7, 11) is 0. The Bertz CT molecular complexity index is 537. The number of benzene rings is 1. The van der Waals surface area contributed by atoms with E-state index in [1.807, 2.05) is 4.90 Å². The molecule has 1 aromatic carbocycles. The maximum absolute atomic E-state index is 12.4. The molecule has 112 valence electrons. The van der Waals surface area contributed by atoms with Crippen LogP contribution in [0.15, 0.2) is 24.3 Å². The molecular formula is C16H21N3O2. The van der Waals surface area contributed by atoms with Crippen molar-refractivity contribution in [1.29, 1.82) is 0 Å². The van der Waals surface area contributed by atoms with Gasteiger partial charge in [0.1, 0.15) is 0 Å². The van der Waals surface area contributed by atoms with E-state index in [4.69, 9.17) is 0 Å². The molecular weight excluding hydrogens is 266 g/mol. The van der Waals surface area contributed by atoms with Gasteiger partial charge in [-0.3, -0.25) is 9.59 Å². The number of rotatable bonds is 3. The fourth-order valence-corrected chi connectivity index (χ4v) is 2.56. The lowest BCUT2D eigenvalue weighted by molar-refractivity contribution is 0.0708. The molecule has 2 amide bonds. The normalized spacial score (nSPS) is 22.0. The Morgan fingerprint density at radius 1 is 1.19 bits per heavy atom. The molecule has 2 fully saturated rings. The van der Waals surface area contributed by atoms with Crippen molar-refractivity contribution < 1.29 is 9.59 Å². The zero-order valence-electron chi connectivity index (χ0n) is 12.3. The number of nitrogens with one attached hydrogen (secondary N) is 2. The van der Waals surface area contributed by atoms with Crippen molar-refractivity contribution in [1.82, 2.24) is 15.5 Å². The summed E-state index contributed by atoms with van der Waals surface area (Å²) in [5, 5.41) is 6.27. The fraction of sp³-hybridized carbons (Fsp3) is 0.500. The number of carbonyl (C=O) groups excluding carboxylic acids is 2. The average Bonchev–Trinajstić information content (AvgIpc) is 3.30. The highest BCUT2D eigenvalue weighted by Crippen LogP contribution is 2.19. The largest absolute Gasteiger partial charge is 0.349 e. The monoisotopic (exact) mass is 287 g/mol. The summed E-state index contributed by atoms with van der Waals surface area (Å²) in [4.78, 5) is 26.2. The second-order valence-corrected chi connectivity index (χ2v) is 5.93. The zero-order valence-corrected chi connectivity index (χ0v) is 12.3. The topological polar surface area (TPSA) is 61.4 Å². The highest BCUT2D eigenvalue weighted by atomic mass is 16.2. The minimum Gasteiger partial charge on any atom is -0.349 e.